The van der Waals surface area contributed by atoms with Crippen LogP contribution in [-0.4, -0.2) is 50.4 Å². The summed E-state index contributed by atoms with van der Waals surface area (Å²) < 4.78 is 16.1. The van der Waals surface area contributed by atoms with Crippen LogP contribution in [0.4, 0.5) is 0 Å². The summed E-state index contributed by atoms with van der Waals surface area (Å²) in [6.45, 7) is 3.50. The van der Waals surface area contributed by atoms with Crippen LogP contribution in [0.15, 0.2) is 42.5 Å². The fourth-order valence-electron chi connectivity index (χ4n) is 3.58. The topological polar surface area (TPSA) is 60.0 Å². The summed E-state index contributed by atoms with van der Waals surface area (Å²) in [5.41, 5.74) is 1.75. The normalized spacial score (nSPS) is 17.3. The molecule has 0 bridgehead atoms. The average molecular weight is 449 g/mol. The van der Waals surface area contributed by atoms with Crippen molar-refractivity contribution in [3.63, 3.8) is 0 Å². The van der Waals surface area contributed by atoms with Crippen LogP contribution in [0.5, 0.6) is 11.5 Å². The minimum absolute atomic E-state index is 0.0278. The molecule has 1 saturated heterocycles. The molecular weight excluding hydrogens is 427 g/mol. The van der Waals surface area contributed by atoms with Gasteiger partial charge in [-0.15, -0.1) is 0 Å². The van der Waals surface area contributed by atoms with Gasteiger partial charge in [0, 0.05) is 30.7 Å². The average Bonchev–Trinajstić information content (AvgIpc) is 3.24. The van der Waals surface area contributed by atoms with E-state index in [1.165, 1.54) is 6.08 Å². The SMILES string of the molecule is O=C(/C=C/c1cc(Cl)c2c(c1)OCO2)NCC(c1ccccc1Cl)N1CCOCC1. The molecule has 2 heterocycles. The van der Waals surface area contributed by atoms with Gasteiger partial charge >= 0.3 is 0 Å². The van der Waals surface area contributed by atoms with Crippen molar-refractivity contribution in [1.82, 2.24) is 10.2 Å². The van der Waals surface area contributed by atoms with Crippen molar-refractivity contribution in [3.8, 4) is 11.5 Å². The minimum Gasteiger partial charge on any atom is -0.454 e. The van der Waals surface area contributed by atoms with Gasteiger partial charge in [-0.1, -0.05) is 41.4 Å². The van der Waals surface area contributed by atoms with Gasteiger partial charge in [0.2, 0.25) is 12.7 Å². The summed E-state index contributed by atoms with van der Waals surface area (Å²) in [6.07, 6.45) is 3.18. The maximum atomic E-state index is 12.5. The Bertz CT molecular complexity index is 945. The fourth-order valence-corrected chi connectivity index (χ4v) is 4.12. The number of hydrogen-bond donors (Lipinski definition) is 1. The van der Waals surface area contributed by atoms with Crippen molar-refractivity contribution < 1.29 is 19.0 Å². The highest BCUT2D eigenvalue weighted by atomic mass is 35.5. The third-order valence-corrected chi connectivity index (χ3v) is 5.72. The molecular formula is C22H22Cl2N2O4. The van der Waals surface area contributed by atoms with Crippen LogP contribution in [0.3, 0.4) is 0 Å². The molecule has 0 aliphatic carbocycles. The van der Waals surface area contributed by atoms with Crippen molar-refractivity contribution in [3.05, 3.63) is 63.6 Å². The molecule has 8 heteroatoms. The highest BCUT2D eigenvalue weighted by Crippen LogP contribution is 2.40. The number of ether oxygens (including phenoxy) is 3. The number of carbonyl (C=O) groups excluding carboxylic acids is 1. The van der Waals surface area contributed by atoms with Gasteiger partial charge in [0.15, 0.2) is 11.5 Å². The number of halogens is 2. The van der Waals surface area contributed by atoms with Gasteiger partial charge in [0.1, 0.15) is 0 Å². The predicted molar refractivity (Wildman–Crippen MR) is 116 cm³/mol. The first kappa shape index (κ1) is 21.0. The van der Waals surface area contributed by atoms with Crippen LogP contribution in [0.2, 0.25) is 10.0 Å². The van der Waals surface area contributed by atoms with Crippen LogP contribution in [0.25, 0.3) is 6.08 Å². The van der Waals surface area contributed by atoms with E-state index in [2.05, 4.69) is 10.2 Å². The molecule has 2 aromatic rings. The van der Waals surface area contributed by atoms with E-state index < -0.39 is 0 Å². The zero-order valence-corrected chi connectivity index (χ0v) is 17.8. The van der Waals surface area contributed by atoms with Gasteiger partial charge in [-0.3, -0.25) is 9.69 Å². The predicted octanol–water partition coefficient (Wildman–Crippen LogP) is 3.93. The second kappa shape index (κ2) is 9.71. The number of rotatable bonds is 6. The van der Waals surface area contributed by atoms with Gasteiger partial charge in [0.05, 0.1) is 24.3 Å². The molecule has 30 heavy (non-hydrogen) atoms. The van der Waals surface area contributed by atoms with Gasteiger partial charge in [-0.25, -0.2) is 0 Å². The number of nitrogens with zero attached hydrogens (tertiary/aromatic N) is 1. The number of amides is 1. The molecule has 0 saturated carbocycles. The van der Waals surface area contributed by atoms with E-state index in [1.807, 2.05) is 24.3 Å². The Morgan fingerprint density at radius 2 is 1.93 bits per heavy atom. The lowest BCUT2D eigenvalue weighted by atomic mass is 10.0. The van der Waals surface area contributed by atoms with Crippen molar-refractivity contribution in [2.24, 2.45) is 0 Å². The van der Waals surface area contributed by atoms with Crippen LogP contribution in [0.1, 0.15) is 17.2 Å². The summed E-state index contributed by atoms with van der Waals surface area (Å²) in [7, 11) is 0. The smallest absolute Gasteiger partial charge is 0.244 e. The van der Waals surface area contributed by atoms with E-state index in [0.29, 0.717) is 41.3 Å². The van der Waals surface area contributed by atoms with E-state index in [9.17, 15) is 4.79 Å². The van der Waals surface area contributed by atoms with Crippen molar-refractivity contribution in [1.29, 1.82) is 0 Å². The molecule has 158 valence electrons. The summed E-state index contributed by atoms with van der Waals surface area (Å²) in [5.74, 6) is 0.911. The number of hydrogen-bond acceptors (Lipinski definition) is 5. The number of carbonyl (C=O) groups is 1. The summed E-state index contributed by atoms with van der Waals surface area (Å²) in [5, 5.41) is 4.13. The Balaban J connectivity index is 1.43. The Hall–Kier alpha value is -2.25. The molecule has 2 aromatic carbocycles. The molecule has 0 aromatic heterocycles. The lowest BCUT2D eigenvalue weighted by Crippen LogP contribution is -2.43. The van der Waals surface area contributed by atoms with Crippen LogP contribution < -0.4 is 14.8 Å². The molecule has 1 amide bonds. The first-order valence-corrected chi connectivity index (χ1v) is 10.5. The molecule has 0 spiro atoms. The fraction of sp³-hybridized carbons (Fsp3) is 0.318. The summed E-state index contributed by atoms with van der Waals surface area (Å²) in [4.78, 5) is 14.8. The zero-order valence-electron chi connectivity index (χ0n) is 16.3. The third kappa shape index (κ3) is 4.90. The van der Waals surface area contributed by atoms with E-state index in [1.54, 1.807) is 18.2 Å². The summed E-state index contributed by atoms with van der Waals surface area (Å²) >= 11 is 12.6. The minimum atomic E-state index is -0.200. The molecule has 0 radical (unpaired) electrons. The van der Waals surface area contributed by atoms with E-state index in [0.717, 1.165) is 24.2 Å². The molecule has 2 aliphatic heterocycles. The number of fused-ring (bicyclic) bond motifs is 1. The van der Waals surface area contributed by atoms with Gasteiger partial charge in [-0.2, -0.15) is 0 Å². The maximum absolute atomic E-state index is 12.5. The highest BCUT2D eigenvalue weighted by molar-refractivity contribution is 6.32. The molecule has 4 rings (SSSR count). The largest absolute Gasteiger partial charge is 0.454 e. The van der Waals surface area contributed by atoms with Gasteiger partial charge in [-0.05, 0) is 35.4 Å². The molecule has 6 nitrogen and oxygen atoms in total. The monoisotopic (exact) mass is 448 g/mol. The van der Waals surface area contributed by atoms with Gasteiger partial charge < -0.3 is 19.5 Å². The van der Waals surface area contributed by atoms with Crippen molar-refractivity contribution >= 4 is 35.2 Å². The Morgan fingerprint density at radius 3 is 2.73 bits per heavy atom. The second-order valence-electron chi connectivity index (χ2n) is 7.00. The zero-order chi connectivity index (χ0) is 20.9. The van der Waals surface area contributed by atoms with Crippen LogP contribution in [-0.2, 0) is 9.53 Å². The number of benzene rings is 2. The maximum Gasteiger partial charge on any atom is 0.244 e. The first-order chi connectivity index (χ1) is 14.6. The van der Waals surface area contributed by atoms with Crippen molar-refractivity contribution in [2.75, 3.05) is 39.6 Å². The first-order valence-electron chi connectivity index (χ1n) is 9.73. The third-order valence-electron chi connectivity index (χ3n) is 5.10. The lowest BCUT2D eigenvalue weighted by Gasteiger charge is -2.35. The van der Waals surface area contributed by atoms with Crippen molar-refractivity contribution in [2.45, 2.75) is 6.04 Å². The van der Waals surface area contributed by atoms with E-state index in [-0.39, 0.29) is 18.7 Å². The molecule has 1 unspecified atom stereocenters. The van der Waals surface area contributed by atoms with E-state index >= 15 is 0 Å². The molecule has 1 N–H and O–H groups in total. The number of morpholine rings is 1. The summed E-state index contributed by atoms with van der Waals surface area (Å²) in [6, 6.07) is 11.2. The standard InChI is InChI=1S/C22H22Cl2N2O4/c23-17-4-2-1-3-16(17)19(26-7-9-28-10-8-26)13-25-21(27)6-5-15-11-18(24)22-20(12-15)29-14-30-22/h1-6,11-12,19H,7-10,13-14H2,(H,25,27)/b6-5+. The highest BCUT2D eigenvalue weighted by Gasteiger charge is 2.24. The molecule has 1 fully saturated rings. The van der Waals surface area contributed by atoms with Crippen LogP contribution in [0, 0.1) is 0 Å². The Morgan fingerprint density at radius 1 is 1.13 bits per heavy atom. The molecule has 1 atom stereocenters. The lowest BCUT2D eigenvalue weighted by molar-refractivity contribution is -0.116. The van der Waals surface area contributed by atoms with Crippen LogP contribution >= 0.6 is 23.2 Å². The number of nitrogens with one attached hydrogen (secondary N) is 1. The molecule has 2 aliphatic rings. The second-order valence-corrected chi connectivity index (χ2v) is 7.82. The van der Waals surface area contributed by atoms with E-state index in [4.69, 9.17) is 37.4 Å². The Kier molecular flexibility index (Phi) is 6.79. The van der Waals surface area contributed by atoms with Gasteiger partial charge in [0.25, 0.3) is 0 Å². The quantitative estimate of drug-likeness (QED) is 0.678. The Labute approximate surface area is 185 Å².